The second-order valence-corrected chi connectivity index (χ2v) is 7.95. The average Bonchev–Trinajstić information content (AvgIpc) is 2.67. The monoisotopic (exact) mass is 392 g/mol. The second-order valence-electron chi connectivity index (χ2n) is 7.95. The molecular formula is C21H32N2O5. The van der Waals surface area contributed by atoms with Crippen molar-refractivity contribution in [2.75, 3.05) is 33.4 Å². The van der Waals surface area contributed by atoms with Crippen LogP contribution in [0.4, 0.5) is 9.59 Å². The highest BCUT2D eigenvalue weighted by Gasteiger charge is 2.33. The molecule has 1 heterocycles. The molecule has 0 aromatic heterocycles. The zero-order valence-corrected chi connectivity index (χ0v) is 17.3. The first-order valence-corrected chi connectivity index (χ1v) is 9.76. The topological polar surface area (TPSA) is 77.1 Å². The largest absolute Gasteiger partial charge is 0.453 e. The maximum atomic E-state index is 12.5. The van der Waals surface area contributed by atoms with Gasteiger partial charge in [-0.15, -0.1) is 0 Å². The van der Waals surface area contributed by atoms with E-state index in [0.29, 0.717) is 26.2 Å². The van der Waals surface area contributed by atoms with Gasteiger partial charge in [0.25, 0.3) is 0 Å². The molecule has 1 aliphatic rings. The van der Waals surface area contributed by atoms with E-state index in [9.17, 15) is 9.59 Å². The minimum atomic E-state index is -0.515. The number of carbonyl (C=O) groups is 2. The normalized spacial score (nSPS) is 18.3. The summed E-state index contributed by atoms with van der Waals surface area (Å²) in [5.41, 5.74) is 0.551. The Hall–Kier alpha value is -2.28. The third-order valence-electron chi connectivity index (χ3n) is 4.52. The van der Waals surface area contributed by atoms with Gasteiger partial charge in [-0.1, -0.05) is 30.3 Å². The van der Waals surface area contributed by atoms with Gasteiger partial charge in [0.05, 0.1) is 19.8 Å². The molecule has 1 aliphatic heterocycles. The zero-order chi connectivity index (χ0) is 20.6. The highest BCUT2D eigenvalue weighted by molar-refractivity contribution is 5.68. The van der Waals surface area contributed by atoms with Crippen molar-refractivity contribution in [3.05, 3.63) is 35.9 Å². The number of benzene rings is 1. The van der Waals surface area contributed by atoms with Crippen LogP contribution < -0.4 is 5.32 Å². The van der Waals surface area contributed by atoms with Crippen LogP contribution >= 0.6 is 0 Å². The fourth-order valence-electron chi connectivity index (χ4n) is 3.31. The Kier molecular flexibility index (Phi) is 8.11. The summed E-state index contributed by atoms with van der Waals surface area (Å²) in [4.78, 5) is 25.5. The molecular weight excluding hydrogens is 360 g/mol. The number of hydrogen-bond donors (Lipinski definition) is 1. The first-order chi connectivity index (χ1) is 13.3. The number of likely N-dealkylation sites (tertiary alicyclic amines) is 1. The number of rotatable bonds is 6. The summed E-state index contributed by atoms with van der Waals surface area (Å²) in [6.07, 6.45) is 0.941. The van der Waals surface area contributed by atoms with E-state index in [1.165, 1.54) is 7.11 Å². The summed E-state index contributed by atoms with van der Waals surface area (Å²) in [5.74, 6) is 0.154. The summed E-state index contributed by atoms with van der Waals surface area (Å²) in [6.45, 7) is 7.61. The van der Waals surface area contributed by atoms with Gasteiger partial charge < -0.3 is 24.4 Å². The second kappa shape index (κ2) is 10.3. The molecule has 1 fully saturated rings. The molecule has 0 saturated carbocycles. The molecule has 1 unspecified atom stereocenters. The lowest BCUT2D eigenvalue weighted by molar-refractivity contribution is -0.0245. The average molecular weight is 392 g/mol. The maximum Gasteiger partial charge on any atom is 0.410 e. The Morgan fingerprint density at radius 1 is 1.25 bits per heavy atom. The van der Waals surface area contributed by atoms with E-state index in [1.807, 2.05) is 51.1 Å². The number of nitrogens with zero attached hydrogens (tertiary/aromatic N) is 1. The van der Waals surface area contributed by atoms with Crippen LogP contribution in [0, 0.1) is 5.92 Å². The van der Waals surface area contributed by atoms with Crippen LogP contribution in [-0.4, -0.2) is 56.0 Å². The first-order valence-electron chi connectivity index (χ1n) is 9.76. The van der Waals surface area contributed by atoms with Crippen molar-refractivity contribution < 1.29 is 23.8 Å². The highest BCUT2D eigenvalue weighted by Crippen LogP contribution is 2.33. The Bertz CT molecular complexity index is 629. The van der Waals surface area contributed by atoms with Gasteiger partial charge in [-0.05, 0) is 39.2 Å². The Morgan fingerprint density at radius 2 is 1.96 bits per heavy atom. The maximum absolute atomic E-state index is 12.5. The van der Waals surface area contributed by atoms with Gasteiger partial charge in [-0.2, -0.15) is 0 Å². The molecule has 1 saturated heterocycles. The number of alkyl carbamates (subject to hydrolysis) is 1. The molecule has 2 rings (SSSR count). The smallest absolute Gasteiger partial charge is 0.410 e. The first kappa shape index (κ1) is 22.0. The molecule has 0 spiro atoms. The van der Waals surface area contributed by atoms with E-state index in [2.05, 4.69) is 10.1 Å². The predicted octanol–water partition coefficient (Wildman–Crippen LogP) is 3.75. The Morgan fingerprint density at radius 3 is 2.61 bits per heavy atom. The Labute approximate surface area is 167 Å². The van der Waals surface area contributed by atoms with Crippen molar-refractivity contribution in [3.63, 3.8) is 0 Å². The molecule has 28 heavy (non-hydrogen) atoms. The molecule has 156 valence electrons. The molecule has 2 atom stereocenters. The van der Waals surface area contributed by atoms with Gasteiger partial charge in [-0.3, -0.25) is 0 Å². The van der Waals surface area contributed by atoms with Gasteiger partial charge in [-0.25, -0.2) is 9.59 Å². The number of nitrogens with one attached hydrogen (secondary N) is 1. The fourth-order valence-corrected chi connectivity index (χ4v) is 3.31. The summed E-state index contributed by atoms with van der Waals surface area (Å²) in [6, 6.07) is 9.99. The predicted molar refractivity (Wildman–Crippen MR) is 106 cm³/mol. The standard InChI is InChI=1S/C21H32N2O5/c1-21(2,3)28-20(25)23-13-8-11-17(15-23)18(16-9-6-5-7-10-16)27-14-12-22-19(24)26-4/h5-7,9-10,17-18H,8,11-15H2,1-4H3,(H,22,24)/t17?,18-/m0/s1. The lowest BCUT2D eigenvalue weighted by Gasteiger charge is -2.37. The van der Waals surface area contributed by atoms with Crippen molar-refractivity contribution in [1.29, 1.82) is 0 Å². The van der Waals surface area contributed by atoms with Gasteiger partial charge in [0.2, 0.25) is 0 Å². The minimum Gasteiger partial charge on any atom is -0.453 e. The van der Waals surface area contributed by atoms with Crippen LogP contribution in [0.3, 0.4) is 0 Å². The van der Waals surface area contributed by atoms with Crippen molar-refractivity contribution >= 4 is 12.2 Å². The van der Waals surface area contributed by atoms with Crippen LogP contribution in [0.1, 0.15) is 45.3 Å². The summed E-state index contributed by atoms with van der Waals surface area (Å²) in [7, 11) is 1.33. The van der Waals surface area contributed by atoms with Gasteiger partial charge in [0.15, 0.2) is 0 Å². The van der Waals surface area contributed by atoms with E-state index >= 15 is 0 Å². The molecule has 1 aromatic rings. The van der Waals surface area contributed by atoms with E-state index in [-0.39, 0.29) is 18.1 Å². The molecule has 2 amide bonds. The fraction of sp³-hybridized carbons (Fsp3) is 0.619. The van der Waals surface area contributed by atoms with Crippen molar-refractivity contribution in [1.82, 2.24) is 10.2 Å². The van der Waals surface area contributed by atoms with Crippen LogP contribution in [0.5, 0.6) is 0 Å². The summed E-state index contributed by atoms with van der Waals surface area (Å²) >= 11 is 0. The number of amides is 2. The SMILES string of the molecule is COC(=O)NCCO[C@@H](c1ccccc1)C1CCCN(C(=O)OC(C)(C)C)C1. The van der Waals surface area contributed by atoms with Gasteiger partial charge in [0.1, 0.15) is 5.60 Å². The molecule has 0 aliphatic carbocycles. The quantitative estimate of drug-likeness (QED) is 0.746. The van der Waals surface area contributed by atoms with Crippen LogP contribution in [0.15, 0.2) is 30.3 Å². The number of carbonyl (C=O) groups excluding carboxylic acids is 2. The highest BCUT2D eigenvalue weighted by atomic mass is 16.6. The van der Waals surface area contributed by atoms with E-state index < -0.39 is 11.7 Å². The molecule has 1 aromatic carbocycles. The number of hydrogen-bond acceptors (Lipinski definition) is 5. The molecule has 7 nitrogen and oxygen atoms in total. The van der Waals surface area contributed by atoms with Crippen LogP contribution in [0.25, 0.3) is 0 Å². The molecule has 0 radical (unpaired) electrons. The summed E-state index contributed by atoms with van der Waals surface area (Å²) < 4.78 is 16.3. The zero-order valence-electron chi connectivity index (χ0n) is 17.3. The lowest BCUT2D eigenvalue weighted by atomic mass is 9.88. The van der Waals surface area contributed by atoms with Gasteiger partial charge >= 0.3 is 12.2 Å². The van der Waals surface area contributed by atoms with Crippen molar-refractivity contribution in [2.24, 2.45) is 5.92 Å². The number of ether oxygens (including phenoxy) is 3. The van der Waals surface area contributed by atoms with E-state index in [1.54, 1.807) is 4.90 Å². The Balaban J connectivity index is 2.03. The van der Waals surface area contributed by atoms with E-state index in [4.69, 9.17) is 9.47 Å². The number of piperidine rings is 1. The van der Waals surface area contributed by atoms with Crippen molar-refractivity contribution in [2.45, 2.75) is 45.3 Å². The van der Waals surface area contributed by atoms with E-state index in [0.717, 1.165) is 18.4 Å². The minimum absolute atomic E-state index is 0.154. The van der Waals surface area contributed by atoms with Gasteiger partial charge in [0, 0.05) is 25.6 Å². The number of methoxy groups -OCH3 is 1. The van der Waals surface area contributed by atoms with Crippen LogP contribution in [-0.2, 0) is 14.2 Å². The molecule has 0 bridgehead atoms. The lowest BCUT2D eigenvalue weighted by Crippen LogP contribution is -2.44. The molecule has 7 heteroatoms. The third kappa shape index (κ3) is 7.03. The summed E-state index contributed by atoms with van der Waals surface area (Å²) in [5, 5.41) is 2.62. The third-order valence-corrected chi connectivity index (χ3v) is 4.52. The molecule has 1 N–H and O–H groups in total. The van der Waals surface area contributed by atoms with Crippen LogP contribution in [0.2, 0.25) is 0 Å². The van der Waals surface area contributed by atoms with Crippen molar-refractivity contribution in [3.8, 4) is 0 Å².